The molecule has 0 saturated carbocycles. The van der Waals surface area contributed by atoms with E-state index >= 15 is 0 Å². The number of hydrogen-bond acceptors (Lipinski definition) is 7. The lowest BCUT2D eigenvalue weighted by Crippen LogP contribution is -2.47. The molecular weight excluding hydrogens is 548 g/mol. The van der Waals surface area contributed by atoms with Gasteiger partial charge in [-0.3, -0.25) is 4.72 Å². The molecule has 1 unspecified atom stereocenters. The number of rotatable bonds is 12. The van der Waals surface area contributed by atoms with Gasteiger partial charge in [0.1, 0.15) is 10.6 Å². The van der Waals surface area contributed by atoms with Gasteiger partial charge in [-0.05, 0) is 49.2 Å². The molecule has 1 aliphatic rings. The van der Waals surface area contributed by atoms with E-state index in [9.17, 15) is 16.8 Å². The van der Waals surface area contributed by atoms with E-state index in [0.717, 1.165) is 23.4 Å². The van der Waals surface area contributed by atoms with Crippen LogP contribution in [0.2, 0.25) is 0 Å². The summed E-state index contributed by atoms with van der Waals surface area (Å²) in [5.74, 6) is 0.764. The molecule has 1 saturated heterocycles. The zero-order valence-electron chi connectivity index (χ0n) is 23.2. The molecule has 3 aromatic rings. The fourth-order valence-electron chi connectivity index (χ4n) is 4.80. The number of sulfonamides is 2. The molecule has 0 aromatic heterocycles. The van der Waals surface area contributed by atoms with Crippen molar-refractivity contribution in [3.8, 4) is 5.75 Å². The van der Waals surface area contributed by atoms with E-state index in [4.69, 9.17) is 4.74 Å². The van der Waals surface area contributed by atoms with Crippen molar-refractivity contribution in [1.29, 1.82) is 0 Å². The molecule has 0 bridgehead atoms. The summed E-state index contributed by atoms with van der Waals surface area (Å²) in [6, 6.07) is 21.4. The van der Waals surface area contributed by atoms with E-state index in [-0.39, 0.29) is 16.3 Å². The molecule has 0 radical (unpaired) electrons. The summed E-state index contributed by atoms with van der Waals surface area (Å²) in [5.41, 5.74) is 2.58. The van der Waals surface area contributed by atoms with Crippen LogP contribution in [-0.2, 0) is 20.0 Å². The Balaban J connectivity index is 1.63. The first-order chi connectivity index (χ1) is 19.1. The van der Waals surface area contributed by atoms with Crippen LogP contribution in [0, 0.1) is 0 Å². The number of ether oxygens (including phenoxy) is 1. The first kappa shape index (κ1) is 29.7. The van der Waals surface area contributed by atoms with Gasteiger partial charge in [-0.25, -0.2) is 21.6 Å². The first-order valence-corrected chi connectivity index (χ1v) is 16.6. The van der Waals surface area contributed by atoms with Gasteiger partial charge >= 0.3 is 0 Å². The molecule has 11 heteroatoms. The fraction of sp³-hybridized carbons (Fsp3) is 0.379. The van der Waals surface area contributed by atoms with Crippen molar-refractivity contribution in [1.82, 2.24) is 4.72 Å². The van der Waals surface area contributed by atoms with E-state index in [0.29, 0.717) is 38.3 Å². The fourth-order valence-corrected chi connectivity index (χ4v) is 7.54. The van der Waals surface area contributed by atoms with E-state index in [2.05, 4.69) is 14.3 Å². The van der Waals surface area contributed by atoms with Gasteiger partial charge in [-0.2, -0.15) is 0 Å². The molecule has 0 spiro atoms. The van der Waals surface area contributed by atoms with Crippen molar-refractivity contribution in [3.05, 3.63) is 78.4 Å². The second kappa shape index (κ2) is 12.9. The van der Waals surface area contributed by atoms with Crippen LogP contribution in [0.4, 0.5) is 17.1 Å². The highest BCUT2D eigenvalue weighted by molar-refractivity contribution is 7.92. The zero-order valence-corrected chi connectivity index (χ0v) is 24.8. The third kappa shape index (κ3) is 7.26. The Morgan fingerprint density at radius 2 is 1.48 bits per heavy atom. The van der Waals surface area contributed by atoms with Crippen LogP contribution in [0.25, 0.3) is 0 Å². The Hall–Kier alpha value is -3.28. The molecule has 216 valence electrons. The van der Waals surface area contributed by atoms with E-state index < -0.39 is 26.1 Å². The Morgan fingerprint density at radius 3 is 2.12 bits per heavy atom. The van der Waals surface area contributed by atoms with Crippen LogP contribution in [0.1, 0.15) is 38.3 Å². The van der Waals surface area contributed by atoms with Gasteiger partial charge in [-0.1, -0.05) is 55.8 Å². The van der Waals surface area contributed by atoms with Gasteiger partial charge in [-0.15, -0.1) is 0 Å². The molecule has 1 fully saturated rings. The number of para-hydroxylation sites is 2. The lowest BCUT2D eigenvalue weighted by atomic mass is 10.1. The minimum atomic E-state index is -4.02. The maximum absolute atomic E-state index is 13.8. The number of hydrogen-bond donors (Lipinski definition) is 2. The van der Waals surface area contributed by atoms with Crippen LogP contribution in [0.5, 0.6) is 5.75 Å². The molecule has 2 N–H and O–H groups in total. The monoisotopic (exact) mass is 586 g/mol. The number of methoxy groups -OCH3 is 1. The highest BCUT2D eigenvalue weighted by Crippen LogP contribution is 2.33. The number of nitrogens with zero attached hydrogens (tertiary/aromatic N) is 2. The summed E-state index contributed by atoms with van der Waals surface area (Å²) in [6.07, 6.45) is 1.26. The highest BCUT2D eigenvalue weighted by Gasteiger charge is 2.28. The van der Waals surface area contributed by atoms with Gasteiger partial charge in [0.05, 0.1) is 24.2 Å². The number of unbranched alkanes of at least 4 members (excludes halogenated alkanes) is 1. The minimum Gasteiger partial charge on any atom is -0.495 e. The quantitative estimate of drug-likeness (QED) is 0.319. The standard InChI is InChI=1S/C29H38N4O5S2/c1-4-5-21-39(34,35)31-25-15-16-27(29(22-25)40(36,37)30-23(2)24-11-7-6-8-12-24)33-19-17-32(18-20-33)26-13-9-10-14-28(26)38-3/h6-16,22-23,30-31H,4-5,17-21H2,1-3H3. The minimum absolute atomic E-state index is 0.0263. The summed E-state index contributed by atoms with van der Waals surface area (Å²) in [4.78, 5) is 4.29. The van der Waals surface area contributed by atoms with Crippen LogP contribution < -0.4 is 24.0 Å². The second-order valence-corrected chi connectivity index (χ2v) is 13.4. The second-order valence-electron chi connectivity index (χ2n) is 9.86. The van der Waals surface area contributed by atoms with Crippen LogP contribution in [0.15, 0.2) is 77.7 Å². The van der Waals surface area contributed by atoms with Gasteiger partial charge in [0.25, 0.3) is 0 Å². The number of piperazine rings is 1. The van der Waals surface area contributed by atoms with Gasteiger partial charge in [0, 0.05) is 37.9 Å². The predicted molar refractivity (Wildman–Crippen MR) is 161 cm³/mol. The molecule has 1 heterocycles. The lowest BCUT2D eigenvalue weighted by Gasteiger charge is -2.38. The summed E-state index contributed by atoms with van der Waals surface area (Å²) >= 11 is 0. The lowest BCUT2D eigenvalue weighted by molar-refractivity contribution is 0.413. The van der Waals surface area contributed by atoms with Crippen molar-refractivity contribution in [3.63, 3.8) is 0 Å². The Morgan fingerprint density at radius 1 is 0.850 bits per heavy atom. The van der Waals surface area contributed by atoms with E-state index in [1.54, 1.807) is 26.2 Å². The molecule has 0 amide bonds. The largest absolute Gasteiger partial charge is 0.495 e. The first-order valence-electron chi connectivity index (χ1n) is 13.5. The maximum Gasteiger partial charge on any atom is 0.243 e. The van der Waals surface area contributed by atoms with Gasteiger partial charge in [0.15, 0.2) is 0 Å². The van der Waals surface area contributed by atoms with E-state index in [1.165, 1.54) is 6.07 Å². The maximum atomic E-state index is 13.8. The third-order valence-electron chi connectivity index (χ3n) is 6.97. The van der Waals surface area contributed by atoms with Crippen molar-refractivity contribution < 1.29 is 21.6 Å². The van der Waals surface area contributed by atoms with Crippen molar-refractivity contribution in [2.45, 2.75) is 37.6 Å². The van der Waals surface area contributed by atoms with Gasteiger partial charge < -0.3 is 14.5 Å². The number of benzene rings is 3. The Labute approximate surface area is 238 Å². The SMILES string of the molecule is CCCCS(=O)(=O)Nc1ccc(N2CCN(c3ccccc3OC)CC2)c(S(=O)(=O)NC(C)c2ccccc2)c1. The van der Waals surface area contributed by atoms with Crippen LogP contribution in [0.3, 0.4) is 0 Å². The molecule has 4 rings (SSSR count). The van der Waals surface area contributed by atoms with Crippen molar-refractivity contribution in [2.75, 3.05) is 53.6 Å². The van der Waals surface area contributed by atoms with Crippen molar-refractivity contribution >= 4 is 37.1 Å². The topological polar surface area (TPSA) is 108 Å². The van der Waals surface area contributed by atoms with E-state index in [1.807, 2.05) is 66.4 Å². The molecule has 0 aliphatic carbocycles. The van der Waals surface area contributed by atoms with Crippen molar-refractivity contribution in [2.24, 2.45) is 0 Å². The van der Waals surface area contributed by atoms with Gasteiger partial charge in [0.2, 0.25) is 20.0 Å². The highest BCUT2D eigenvalue weighted by atomic mass is 32.2. The summed E-state index contributed by atoms with van der Waals surface area (Å²) < 4.78 is 63.6. The summed E-state index contributed by atoms with van der Waals surface area (Å²) in [5, 5.41) is 0. The molecule has 9 nitrogen and oxygen atoms in total. The average Bonchev–Trinajstić information content (AvgIpc) is 2.96. The molecule has 3 aromatic carbocycles. The predicted octanol–water partition coefficient (Wildman–Crippen LogP) is 4.60. The summed E-state index contributed by atoms with van der Waals surface area (Å²) in [7, 11) is -5.98. The third-order valence-corrected chi connectivity index (χ3v) is 9.91. The number of anilines is 3. The Bertz CT molecular complexity index is 1490. The molecule has 40 heavy (non-hydrogen) atoms. The molecule has 1 aliphatic heterocycles. The van der Waals surface area contributed by atoms with Crippen LogP contribution >= 0.6 is 0 Å². The zero-order chi connectivity index (χ0) is 28.8. The average molecular weight is 587 g/mol. The smallest absolute Gasteiger partial charge is 0.243 e. The molecule has 1 atom stereocenters. The number of nitrogens with one attached hydrogen (secondary N) is 2. The van der Waals surface area contributed by atoms with Crippen LogP contribution in [-0.4, -0.2) is 55.9 Å². The Kier molecular flexibility index (Phi) is 9.60. The summed E-state index contributed by atoms with van der Waals surface area (Å²) in [6.45, 7) is 6.20. The normalized spacial score (nSPS) is 15.1. The molecular formula is C29H38N4O5S2.